The number of aryl methyl sites for hydroxylation is 1. The molecule has 1 aromatic heterocycles. The summed E-state index contributed by atoms with van der Waals surface area (Å²) < 4.78 is 6.74. The second-order valence-corrected chi connectivity index (χ2v) is 4.30. The predicted octanol–water partition coefficient (Wildman–Crippen LogP) is 1.74. The first-order chi connectivity index (χ1) is 8.61. The van der Waals surface area contributed by atoms with E-state index < -0.39 is 0 Å². The Morgan fingerprint density at radius 3 is 2.74 bits per heavy atom. The summed E-state index contributed by atoms with van der Waals surface area (Å²) in [5.41, 5.74) is 1.38. The zero-order valence-corrected chi connectivity index (χ0v) is 13.1. The van der Waals surface area contributed by atoms with Crippen molar-refractivity contribution in [1.82, 2.24) is 9.55 Å². The number of nitrogens with one attached hydrogen (secondary N) is 1. The zero-order chi connectivity index (χ0) is 13.5. The van der Waals surface area contributed by atoms with Crippen molar-refractivity contribution in [2.24, 2.45) is 7.05 Å². The van der Waals surface area contributed by atoms with Gasteiger partial charge in [0, 0.05) is 37.3 Å². The van der Waals surface area contributed by atoms with Gasteiger partial charge in [-0.1, -0.05) is 0 Å². The van der Waals surface area contributed by atoms with Crippen LogP contribution in [0.3, 0.4) is 0 Å². The molecule has 0 amide bonds. The van der Waals surface area contributed by atoms with E-state index in [2.05, 4.69) is 10.3 Å². The van der Waals surface area contributed by atoms with Crippen LogP contribution in [0, 0.1) is 6.92 Å². The second-order valence-electron chi connectivity index (χ2n) is 3.93. The minimum absolute atomic E-state index is 0. The maximum atomic E-state index is 12.1. The number of halogens is 2. The standard InChI is InChI=1S/C12H20ClN3O2.ClH/c1-4-18-8-7-14-12-15-9(2)10(5-6-13)11(17)16(12)3;/h4-8H2,1-3H3,(H,14,15);1H. The maximum Gasteiger partial charge on any atom is 0.258 e. The molecule has 5 nitrogen and oxygen atoms in total. The third kappa shape index (κ3) is 5.01. The highest BCUT2D eigenvalue weighted by Gasteiger charge is 2.10. The Hall–Kier alpha value is -0.780. The van der Waals surface area contributed by atoms with E-state index in [1.54, 1.807) is 7.05 Å². The molecule has 0 fully saturated rings. The van der Waals surface area contributed by atoms with Crippen LogP contribution >= 0.6 is 24.0 Å². The van der Waals surface area contributed by atoms with E-state index in [1.165, 1.54) is 4.57 Å². The first kappa shape index (κ1) is 18.2. The molecule has 19 heavy (non-hydrogen) atoms. The smallest absolute Gasteiger partial charge is 0.258 e. The molecular formula is C12H21Cl2N3O2. The number of hydrogen-bond acceptors (Lipinski definition) is 4. The maximum absolute atomic E-state index is 12.1. The van der Waals surface area contributed by atoms with Crippen molar-refractivity contribution in [3.8, 4) is 0 Å². The fourth-order valence-electron chi connectivity index (χ4n) is 1.67. The molecule has 0 saturated carbocycles. The van der Waals surface area contributed by atoms with Gasteiger partial charge in [-0.25, -0.2) is 4.98 Å². The van der Waals surface area contributed by atoms with Crippen molar-refractivity contribution >= 4 is 30.0 Å². The summed E-state index contributed by atoms with van der Waals surface area (Å²) in [6.45, 7) is 5.68. The highest BCUT2D eigenvalue weighted by Crippen LogP contribution is 2.06. The minimum atomic E-state index is -0.0398. The van der Waals surface area contributed by atoms with E-state index >= 15 is 0 Å². The lowest BCUT2D eigenvalue weighted by atomic mass is 10.2. The zero-order valence-electron chi connectivity index (χ0n) is 11.5. The third-order valence-corrected chi connectivity index (χ3v) is 2.86. The van der Waals surface area contributed by atoms with Gasteiger partial charge < -0.3 is 10.1 Å². The normalized spacial score (nSPS) is 10.1. The quantitative estimate of drug-likeness (QED) is 0.616. The minimum Gasteiger partial charge on any atom is -0.380 e. The van der Waals surface area contributed by atoms with Crippen molar-refractivity contribution in [1.29, 1.82) is 0 Å². The molecule has 1 heterocycles. The van der Waals surface area contributed by atoms with Crippen LogP contribution in [0.1, 0.15) is 18.2 Å². The second kappa shape index (κ2) is 9.18. The van der Waals surface area contributed by atoms with Gasteiger partial charge in [0.05, 0.1) is 6.61 Å². The number of nitrogens with zero attached hydrogens (tertiary/aromatic N) is 2. The molecule has 0 spiro atoms. The van der Waals surface area contributed by atoms with E-state index in [0.717, 1.165) is 5.69 Å². The van der Waals surface area contributed by atoms with Crippen molar-refractivity contribution in [2.75, 3.05) is 31.0 Å². The number of aromatic nitrogens is 2. The van der Waals surface area contributed by atoms with Gasteiger partial charge in [0.25, 0.3) is 5.56 Å². The Bertz CT molecular complexity index is 449. The Balaban J connectivity index is 0.00000324. The van der Waals surface area contributed by atoms with Gasteiger partial charge in [0.15, 0.2) is 0 Å². The Morgan fingerprint density at radius 1 is 1.47 bits per heavy atom. The Kier molecular flexibility index (Phi) is 8.80. The highest BCUT2D eigenvalue weighted by molar-refractivity contribution is 6.17. The number of alkyl halides is 1. The van der Waals surface area contributed by atoms with E-state index in [9.17, 15) is 4.79 Å². The first-order valence-corrected chi connectivity index (χ1v) is 6.59. The molecule has 0 atom stereocenters. The molecule has 0 radical (unpaired) electrons. The molecule has 0 unspecified atom stereocenters. The van der Waals surface area contributed by atoms with Gasteiger partial charge in [-0.2, -0.15) is 0 Å². The molecule has 1 rings (SSSR count). The van der Waals surface area contributed by atoms with Crippen molar-refractivity contribution in [3.63, 3.8) is 0 Å². The van der Waals surface area contributed by atoms with Gasteiger partial charge >= 0.3 is 0 Å². The lowest BCUT2D eigenvalue weighted by Gasteiger charge is -2.13. The molecule has 0 aliphatic heterocycles. The van der Waals surface area contributed by atoms with Crippen LogP contribution in [0.2, 0.25) is 0 Å². The predicted molar refractivity (Wildman–Crippen MR) is 80.9 cm³/mol. The molecule has 7 heteroatoms. The average molecular weight is 310 g/mol. The van der Waals surface area contributed by atoms with E-state index in [-0.39, 0.29) is 18.0 Å². The molecule has 0 aromatic carbocycles. The SMILES string of the molecule is CCOCCNc1nc(C)c(CCCl)c(=O)n1C.Cl. The van der Waals surface area contributed by atoms with Crippen LogP contribution in [0.4, 0.5) is 5.95 Å². The topological polar surface area (TPSA) is 56.1 Å². The molecule has 1 aromatic rings. The summed E-state index contributed by atoms with van der Waals surface area (Å²) in [5, 5.41) is 3.09. The number of anilines is 1. The lowest BCUT2D eigenvalue weighted by Crippen LogP contribution is -2.28. The average Bonchev–Trinajstić information content (AvgIpc) is 2.36. The first-order valence-electron chi connectivity index (χ1n) is 6.05. The monoisotopic (exact) mass is 309 g/mol. The van der Waals surface area contributed by atoms with Gasteiger partial charge in [-0.3, -0.25) is 9.36 Å². The van der Waals surface area contributed by atoms with Gasteiger partial charge in [-0.05, 0) is 20.3 Å². The number of hydrogen-bond donors (Lipinski definition) is 1. The Morgan fingerprint density at radius 2 is 2.16 bits per heavy atom. The molecule has 0 aliphatic rings. The lowest BCUT2D eigenvalue weighted by molar-refractivity contribution is 0.158. The molecular weight excluding hydrogens is 289 g/mol. The third-order valence-electron chi connectivity index (χ3n) is 2.67. The molecule has 1 N–H and O–H groups in total. The van der Waals surface area contributed by atoms with Crippen LogP contribution < -0.4 is 10.9 Å². The van der Waals surface area contributed by atoms with Gasteiger partial charge in [0.2, 0.25) is 5.95 Å². The van der Waals surface area contributed by atoms with E-state index in [1.807, 2.05) is 13.8 Å². The summed E-state index contributed by atoms with van der Waals surface area (Å²) in [5.74, 6) is 0.991. The van der Waals surface area contributed by atoms with Gasteiger partial charge in [-0.15, -0.1) is 24.0 Å². The van der Waals surface area contributed by atoms with Gasteiger partial charge in [0.1, 0.15) is 0 Å². The summed E-state index contributed by atoms with van der Waals surface area (Å²) in [6, 6.07) is 0. The molecule has 110 valence electrons. The van der Waals surface area contributed by atoms with E-state index in [4.69, 9.17) is 16.3 Å². The summed E-state index contributed by atoms with van der Waals surface area (Å²) >= 11 is 5.68. The fourth-order valence-corrected chi connectivity index (χ4v) is 1.86. The van der Waals surface area contributed by atoms with E-state index in [0.29, 0.717) is 43.6 Å². The summed E-state index contributed by atoms with van der Waals surface area (Å²) in [6.07, 6.45) is 0.548. The van der Waals surface area contributed by atoms with Crippen molar-refractivity contribution in [2.45, 2.75) is 20.3 Å². The van der Waals surface area contributed by atoms with Crippen molar-refractivity contribution in [3.05, 3.63) is 21.6 Å². The fraction of sp³-hybridized carbons (Fsp3) is 0.667. The highest BCUT2D eigenvalue weighted by atomic mass is 35.5. The van der Waals surface area contributed by atoms with Crippen LogP contribution in [-0.2, 0) is 18.2 Å². The number of ether oxygens (including phenoxy) is 1. The molecule has 0 saturated heterocycles. The van der Waals surface area contributed by atoms with Crippen LogP contribution in [-0.4, -0.2) is 35.2 Å². The largest absolute Gasteiger partial charge is 0.380 e. The number of rotatable bonds is 7. The van der Waals surface area contributed by atoms with Crippen LogP contribution in [0.5, 0.6) is 0 Å². The van der Waals surface area contributed by atoms with Crippen LogP contribution in [0.15, 0.2) is 4.79 Å². The van der Waals surface area contributed by atoms with Crippen LogP contribution in [0.25, 0.3) is 0 Å². The molecule has 0 aliphatic carbocycles. The van der Waals surface area contributed by atoms with Crippen molar-refractivity contribution < 1.29 is 4.74 Å². The Labute approximate surface area is 124 Å². The summed E-state index contributed by atoms with van der Waals surface area (Å²) in [7, 11) is 1.70. The summed E-state index contributed by atoms with van der Waals surface area (Å²) in [4.78, 5) is 16.5. The molecule has 0 bridgehead atoms.